The lowest BCUT2D eigenvalue weighted by molar-refractivity contribution is -0.121. The molecule has 1 saturated heterocycles. The Morgan fingerprint density at radius 1 is 1.33 bits per heavy atom. The molecule has 1 aromatic carbocycles. The van der Waals surface area contributed by atoms with Crippen molar-refractivity contribution in [2.75, 3.05) is 13.1 Å². The van der Waals surface area contributed by atoms with E-state index in [2.05, 4.69) is 5.10 Å². The number of halogens is 1. The van der Waals surface area contributed by atoms with Crippen LogP contribution in [-0.4, -0.2) is 39.6 Å². The maximum absolute atomic E-state index is 12.8. The van der Waals surface area contributed by atoms with Gasteiger partial charge in [-0.25, -0.2) is 0 Å². The van der Waals surface area contributed by atoms with Gasteiger partial charge in [0.2, 0.25) is 5.91 Å². The van der Waals surface area contributed by atoms with Crippen LogP contribution in [0, 0.1) is 12.8 Å². The lowest BCUT2D eigenvalue weighted by Crippen LogP contribution is -2.32. The Balaban J connectivity index is 1.89. The van der Waals surface area contributed by atoms with Crippen LogP contribution >= 0.6 is 11.6 Å². The monoisotopic (exact) mass is 346 g/mol. The summed E-state index contributed by atoms with van der Waals surface area (Å²) in [4.78, 5) is 26.3. The smallest absolute Gasteiger partial charge is 0.255 e. The highest BCUT2D eigenvalue weighted by atomic mass is 35.5. The number of primary amides is 1. The number of aromatic nitrogens is 2. The molecule has 1 aromatic heterocycles. The van der Waals surface area contributed by atoms with Crippen LogP contribution in [0.3, 0.4) is 0 Å². The molecular weight excluding hydrogens is 328 g/mol. The Bertz CT molecular complexity index is 802. The molecule has 0 saturated carbocycles. The zero-order valence-corrected chi connectivity index (χ0v) is 14.3. The van der Waals surface area contributed by atoms with E-state index in [1.165, 1.54) is 0 Å². The van der Waals surface area contributed by atoms with Gasteiger partial charge in [0.25, 0.3) is 5.91 Å². The first-order valence-corrected chi connectivity index (χ1v) is 8.08. The van der Waals surface area contributed by atoms with Crippen molar-refractivity contribution in [3.63, 3.8) is 0 Å². The van der Waals surface area contributed by atoms with E-state index in [-0.39, 0.29) is 18.4 Å². The van der Waals surface area contributed by atoms with Crippen molar-refractivity contribution in [1.29, 1.82) is 0 Å². The van der Waals surface area contributed by atoms with Gasteiger partial charge in [-0.3, -0.25) is 14.3 Å². The van der Waals surface area contributed by atoms with E-state index in [0.29, 0.717) is 17.1 Å². The first-order chi connectivity index (χ1) is 11.4. The molecule has 1 fully saturated rings. The molecule has 2 heterocycles. The lowest BCUT2D eigenvalue weighted by Gasteiger charge is -2.17. The molecule has 1 aliphatic heterocycles. The number of carbonyl (C=O) groups is 2. The fraction of sp³-hybridized carbons (Fsp3) is 0.353. The van der Waals surface area contributed by atoms with Crippen LogP contribution in [0.5, 0.6) is 0 Å². The van der Waals surface area contributed by atoms with E-state index in [0.717, 1.165) is 11.1 Å². The van der Waals surface area contributed by atoms with E-state index in [1.54, 1.807) is 27.9 Å². The van der Waals surface area contributed by atoms with Crippen LogP contribution in [-0.2, 0) is 11.8 Å². The second kappa shape index (κ2) is 6.28. The third-order valence-corrected chi connectivity index (χ3v) is 5.05. The van der Waals surface area contributed by atoms with Crippen molar-refractivity contribution in [3.05, 3.63) is 52.3 Å². The molecule has 0 radical (unpaired) electrons. The van der Waals surface area contributed by atoms with Crippen molar-refractivity contribution in [2.45, 2.75) is 12.8 Å². The van der Waals surface area contributed by atoms with Crippen molar-refractivity contribution < 1.29 is 9.59 Å². The van der Waals surface area contributed by atoms with Gasteiger partial charge in [-0.1, -0.05) is 23.7 Å². The minimum absolute atomic E-state index is 0.149. The van der Waals surface area contributed by atoms with Gasteiger partial charge in [-0.05, 0) is 24.1 Å². The highest BCUT2D eigenvalue weighted by molar-refractivity contribution is 6.34. The molecule has 2 N–H and O–H groups in total. The Morgan fingerprint density at radius 3 is 2.71 bits per heavy atom. The molecule has 7 heteroatoms. The van der Waals surface area contributed by atoms with Crippen molar-refractivity contribution >= 4 is 23.4 Å². The van der Waals surface area contributed by atoms with Gasteiger partial charge in [-0.2, -0.15) is 5.10 Å². The van der Waals surface area contributed by atoms with Crippen molar-refractivity contribution in [3.8, 4) is 0 Å². The molecule has 0 aliphatic carbocycles. The Labute approximate surface area is 145 Å². The number of nitrogens with two attached hydrogens (primary N) is 1. The van der Waals surface area contributed by atoms with Crippen LogP contribution in [0.1, 0.15) is 27.4 Å². The number of aryl methyl sites for hydroxylation is 2. The number of hydrogen-bond acceptors (Lipinski definition) is 3. The molecule has 0 unspecified atom stereocenters. The fourth-order valence-electron chi connectivity index (χ4n) is 3.21. The molecule has 2 aromatic rings. The van der Waals surface area contributed by atoms with E-state index < -0.39 is 11.8 Å². The summed E-state index contributed by atoms with van der Waals surface area (Å²) in [6.07, 6.45) is 3.57. The van der Waals surface area contributed by atoms with E-state index in [4.69, 9.17) is 17.3 Å². The summed E-state index contributed by atoms with van der Waals surface area (Å²) in [6, 6.07) is 5.36. The highest BCUT2D eigenvalue weighted by Gasteiger charge is 2.40. The summed E-state index contributed by atoms with van der Waals surface area (Å²) in [7, 11) is 1.81. The predicted molar refractivity (Wildman–Crippen MR) is 90.7 cm³/mol. The number of hydrogen-bond donors (Lipinski definition) is 1. The van der Waals surface area contributed by atoms with Crippen molar-refractivity contribution in [1.82, 2.24) is 14.7 Å². The van der Waals surface area contributed by atoms with Gasteiger partial charge in [-0.15, -0.1) is 0 Å². The molecule has 24 heavy (non-hydrogen) atoms. The number of benzene rings is 1. The summed E-state index contributed by atoms with van der Waals surface area (Å²) >= 11 is 6.27. The van der Waals surface area contributed by atoms with Gasteiger partial charge in [0.15, 0.2) is 0 Å². The fourth-order valence-corrected chi connectivity index (χ4v) is 3.42. The molecule has 126 valence electrons. The Hall–Kier alpha value is -2.34. The normalized spacial score (nSPS) is 20.4. The van der Waals surface area contributed by atoms with Gasteiger partial charge < -0.3 is 10.6 Å². The Morgan fingerprint density at radius 2 is 2.08 bits per heavy atom. The predicted octanol–water partition coefficient (Wildman–Crippen LogP) is 1.72. The maximum Gasteiger partial charge on any atom is 0.255 e. The van der Waals surface area contributed by atoms with Gasteiger partial charge in [0.1, 0.15) is 0 Å². The number of likely N-dealkylation sites (tertiary alicyclic amines) is 1. The van der Waals surface area contributed by atoms with Crippen LogP contribution in [0.2, 0.25) is 5.02 Å². The number of nitrogens with zero attached hydrogens (tertiary/aromatic N) is 3. The molecule has 3 rings (SSSR count). The summed E-state index contributed by atoms with van der Waals surface area (Å²) < 4.78 is 1.68. The summed E-state index contributed by atoms with van der Waals surface area (Å²) in [6.45, 7) is 2.56. The van der Waals surface area contributed by atoms with Gasteiger partial charge in [0.05, 0.1) is 22.7 Å². The van der Waals surface area contributed by atoms with Crippen LogP contribution < -0.4 is 5.73 Å². The summed E-state index contributed by atoms with van der Waals surface area (Å²) in [5.41, 5.74) is 7.76. The molecule has 0 spiro atoms. The minimum Gasteiger partial charge on any atom is -0.369 e. The van der Waals surface area contributed by atoms with E-state index in [9.17, 15) is 9.59 Å². The van der Waals surface area contributed by atoms with E-state index in [1.807, 2.05) is 26.2 Å². The maximum atomic E-state index is 12.8. The average molecular weight is 347 g/mol. The standard InChI is InChI=1S/C17H19ClN4O2/c1-10-4-3-5-12(15(10)18)17(24)22-8-13(14(9-22)16(19)23)11-6-20-21(2)7-11/h3-7,13-14H,8-9H2,1-2H3,(H2,19,23)/t13-,14+/m1/s1. The SMILES string of the molecule is Cc1cccc(C(=O)N2C[C@H](C(N)=O)[C@@H](c3cnn(C)c3)C2)c1Cl. The molecule has 2 atom stereocenters. The lowest BCUT2D eigenvalue weighted by atomic mass is 9.90. The molecule has 2 amide bonds. The second-order valence-electron chi connectivity index (χ2n) is 6.21. The van der Waals surface area contributed by atoms with Crippen LogP contribution in [0.4, 0.5) is 0 Å². The topological polar surface area (TPSA) is 81.2 Å². The summed E-state index contributed by atoms with van der Waals surface area (Å²) in [5.74, 6) is -1.17. The van der Waals surface area contributed by atoms with Gasteiger partial charge >= 0.3 is 0 Å². The van der Waals surface area contributed by atoms with Crippen LogP contribution in [0.15, 0.2) is 30.6 Å². The zero-order chi connectivity index (χ0) is 17.4. The molecular formula is C17H19ClN4O2. The number of carbonyl (C=O) groups excluding carboxylic acids is 2. The summed E-state index contributed by atoms with van der Waals surface area (Å²) in [5, 5.41) is 4.60. The average Bonchev–Trinajstić information content (AvgIpc) is 3.15. The number of amides is 2. The molecule has 0 bridgehead atoms. The first-order valence-electron chi connectivity index (χ1n) is 7.70. The third-order valence-electron chi connectivity index (χ3n) is 4.55. The van der Waals surface area contributed by atoms with E-state index >= 15 is 0 Å². The van der Waals surface area contributed by atoms with Gasteiger partial charge in [0, 0.05) is 32.3 Å². The largest absolute Gasteiger partial charge is 0.369 e. The first kappa shape index (κ1) is 16.5. The zero-order valence-electron chi connectivity index (χ0n) is 13.6. The Kier molecular flexibility index (Phi) is 4.32. The third kappa shape index (κ3) is 2.89. The second-order valence-corrected chi connectivity index (χ2v) is 6.59. The molecule has 6 nitrogen and oxygen atoms in total. The minimum atomic E-state index is -0.429. The number of rotatable bonds is 3. The highest BCUT2D eigenvalue weighted by Crippen LogP contribution is 2.34. The van der Waals surface area contributed by atoms with Crippen LogP contribution in [0.25, 0.3) is 0 Å². The van der Waals surface area contributed by atoms with Crippen molar-refractivity contribution in [2.24, 2.45) is 18.7 Å². The quantitative estimate of drug-likeness (QED) is 0.918. The molecule has 1 aliphatic rings.